The number of Topliss-reactive ketones (excluding diaryl/α,β-unsaturated/α-hetero) is 1. The smallest absolute Gasteiger partial charge is 0.178 e. The van der Waals surface area contributed by atoms with Gasteiger partial charge in [-0.25, -0.2) is 5.01 Å². The first-order valence-corrected chi connectivity index (χ1v) is 7.96. The number of carbonyl (C=O) groups is 1. The summed E-state index contributed by atoms with van der Waals surface area (Å²) in [6, 6.07) is 0. The van der Waals surface area contributed by atoms with Crippen molar-refractivity contribution in [2.75, 3.05) is 51.5 Å². The van der Waals surface area contributed by atoms with Gasteiger partial charge in [0.1, 0.15) is 5.00 Å². The van der Waals surface area contributed by atoms with Crippen LogP contribution in [-0.4, -0.2) is 56.0 Å². The molecule has 3 N–H and O–H groups in total. The second-order valence-electron chi connectivity index (χ2n) is 5.63. The zero-order valence-electron chi connectivity index (χ0n) is 13.1. The Bertz CT molecular complexity index is 507. The number of methoxy groups -OCH3 is 1. The molecule has 2 rings (SSSR count). The maximum Gasteiger partial charge on any atom is 0.178 e. The minimum absolute atomic E-state index is 0.0576. The minimum atomic E-state index is -0.0767. The summed E-state index contributed by atoms with van der Waals surface area (Å²) in [7, 11) is 3.69. The molecule has 0 aliphatic carbocycles. The van der Waals surface area contributed by atoms with Gasteiger partial charge in [-0.2, -0.15) is 0 Å². The lowest BCUT2D eigenvalue weighted by Crippen LogP contribution is -2.46. The van der Waals surface area contributed by atoms with E-state index in [1.165, 1.54) is 11.3 Å². The number of carbonyl (C=O) groups excluding carboxylic acids is 1. The number of rotatable bonds is 5. The highest BCUT2D eigenvalue weighted by atomic mass is 32.1. The summed E-state index contributed by atoms with van der Waals surface area (Å²) in [5, 5.41) is 2.95. The molecule has 1 saturated heterocycles. The van der Waals surface area contributed by atoms with Crippen molar-refractivity contribution in [2.45, 2.75) is 13.8 Å². The first-order chi connectivity index (χ1) is 9.93. The number of nitrogens with zero attached hydrogens (tertiary/aromatic N) is 2. The zero-order chi connectivity index (χ0) is 15.6. The number of hydrazine groups is 1. The van der Waals surface area contributed by atoms with Crippen molar-refractivity contribution in [2.24, 2.45) is 5.92 Å². The number of nitrogen functional groups attached to an aromatic ring is 1. The Balaban J connectivity index is 2.19. The quantitative estimate of drug-likeness (QED) is 0.807. The highest BCUT2D eigenvalue weighted by Gasteiger charge is 2.25. The van der Waals surface area contributed by atoms with Crippen molar-refractivity contribution in [3.05, 3.63) is 4.88 Å². The van der Waals surface area contributed by atoms with Crippen LogP contribution < -0.4 is 15.9 Å². The van der Waals surface area contributed by atoms with Gasteiger partial charge in [-0.3, -0.25) is 4.79 Å². The van der Waals surface area contributed by atoms with Crippen LogP contribution in [0.5, 0.6) is 5.75 Å². The second kappa shape index (κ2) is 6.64. The lowest BCUT2D eigenvalue weighted by molar-refractivity contribution is 0.0944. The first-order valence-electron chi connectivity index (χ1n) is 7.14. The van der Waals surface area contributed by atoms with Gasteiger partial charge < -0.3 is 20.8 Å². The van der Waals surface area contributed by atoms with Crippen LogP contribution in [0.3, 0.4) is 0 Å². The number of nitrogens with one attached hydrogen (secondary N) is 1. The Hall–Kier alpha value is -1.31. The van der Waals surface area contributed by atoms with E-state index in [-0.39, 0.29) is 11.7 Å². The number of hydrogen-bond donors (Lipinski definition) is 2. The molecule has 1 aliphatic heterocycles. The molecule has 0 unspecified atom stereocenters. The van der Waals surface area contributed by atoms with Crippen LogP contribution in [0.15, 0.2) is 0 Å². The van der Waals surface area contributed by atoms with Gasteiger partial charge in [-0.05, 0) is 7.05 Å². The molecule has 0 saturated carbocycles. The van der Waals surface area contributed by atoms with Crippen molar-refractivity contribution in [3.63, 3.8) is 0 Å². The fourth-order valence-corrected chi connectivity index (χ4v) is 3.42. The maximum absolute atomic E-state index is 12.2. The molecule has 7 heteroatoms. The Kier molecular flexibility index (Phi) is 5.08. The molecule has 0 amide bonds. The molecule has 6 nitrogen and oxygen atoms in total. The fourth-order valence-electron chi connectivity index (χ4n) is 2.21. The molecule has 1 aliphatic rings. The van der Waals surface area contributed by atoms with E-state index in [0.29, 0.717) is 16.3 Å². The third kappa shape index (κ3) is 3.48. The monoisotopic (exact) mass is 312 g/mol. The van der Waals surface area contributed by atoms with Crippen molar-refractivity contribution in [1.29, 1.82) is 0 Å². The van der Waals surface area contributed by atoms with E-state index in [2.05, 4.69) is 22.4 Å². The van der Waals surface area contributed by atoms with Crippen LogP contribution in [0, 0.1) is 5.92 Å². The summed E-state index contributed by atoms with van der Waals surface area (Å²) in [5.41, 5.74) is 9.86. The number of anilines is 2. The average molecular weight is 312 g/mol. The average Bonchev–Trinajstić information content (AvgIpc) is 2.76. The SMILES string of the molecule is COc1c(NN2CCN(C)CC2)sc(C(=O)C(C)C)c1N. The molecule has 0 bridgehead atoms. The Morgan fingerprint density at radius 3 is 2.48 bits per heavy atom. The molecule has 1 aromatic rings. The summed E-state index contributed by atoms with van der Waals surface area (Å²) in [4.78, 5) is 15.1. The zero-order valence-corrected chi connectivity index (χ0v) is 13.9. The molecule has 1 fully saturated rings. The number of thiophene rings is 1. The van der Waals surface area contributed by atoms with E-state index in [1.807, 2.05) is 13.8 Å². The normalized spacial score (nSPS) is 17.2. The third-order valence-corrected chi connectivity index (χ3v) is 4.72. The third-order valence-electron chi connectivity index (χ3n) is 3.61. The largest absolute Gasteiger partial charge is 0.491 e. The van der Waals surface area contributed by atoms with Crippen molar-refractivity contribution < 1.29 is 9.53 Å². The van der Waals surface area contributed by atoms with Crippen LogP contribution >= 0.6 is 11.3 Å². The van der Waals surface area contributed by atoms with E-state index >= 15 is 0 Å². The van der Waals surface area contributed by atoms with Crippen LogP contribution in [0.1, 0.15) is 23.5 Å². The molecule has 0 radical (unpaired) electrons. The molecule has 2 heterocycles. The molecule has 0 spiro atoms. The van der Waals surface area contributed by atoms with Gasteiger partial charge >= 0.3 is 0 Å². The summed E-state index contributed by atoms with van der Waals surface area (Å²) in [6.07, 6.45) is 0. The van der Waals surface area contributed by atoms with Gasteiger partial charge in [0.15, 0.2) is 11.5 Å². The van der Waals surface area contributed by atoms with Crippen LogP contribution in [0.2, 0.25) is 0 Å². The van der Waals surface area contributed by atoms with Gasteiger partial charge in [0, 0.05) is 32.1 Å². The topological polar surface area (TPSA) is 70.8 Å². The van der Waals surface area contributed by atoms with Crippen LogP contribution in [0.4, 0.5) is 10.7 Å². The molecular weight excluding hydrogens is 288 g/mol. The van der Waals surface area contributed by atoms with Gasteiger partial charge in [-0.15, -0.1) is 11.3 Å². The number of hydrogen-bond acceptors (Lipinski definition) is 7. The van der Waals surface area contributed by atoms with Gasteiger partial charge in [0.05, 0.1) is 17.7 Å². The fraction of sp³-hybridized carbons (Fsp3) is 0.643. The van der Waals surface area contributed by atoms with E-state index in [1.54, 1.807) is 7.11 Å². The Morgan fingerprint density at radius 2 is 1.95 bits per heavy atom. The molecule has 118 valence electrons. The molecular formula is C14H24N4O2S. The van der Waals surface area contributed by atoms with E-state index in [4.69, 9.17) is 10.5 Å². The minimum Gasteiger partial charge on any atom is -0.491 e. The summed E-state index contributed by atoms with van der Waals surface area (Å²) in [6.45, 7) is 7.61. The van der Waals surface area contributed by atoms with Crippen molar-refractivity contribution in [1.82, 2.24) is 9.91 Å². The predicted molar refractivity (Wildman–Crippen MR) is 87.1 cm³/mol. The van der Waals surface area contributed by atoms with Gasteiger partial charge in [-0.1, -0.05) is 13.8 Å². The van der Waals surface area contributed by atoms with Gasteiger partial charge in [0.25, 0.3) is 0 Å². The van der Waals surface area contributed by atoms with Crippen molar-refractivity contribution in [3.8, 4) is 5.75 Å². The van der Waals surface area contributed by atoms with Crippen LogP contribution in [0.25, 0.3) is 0 Å². The molecule has 21 heavy (non-hydrogen) atoms. The van der Waals surface area contributed by atoms with E-state index < -0.39 is 0 Å². The van der Waals surface area contributed by atoms with Crippen LogP contribution in [-0.2, 0) is 0 Å². The lowest BCUT2D eigenvalue weighted by Gasteiger charge is -2.32. The predicted octanol–water partition coefficient (Wildman–Crippen LogP) is 1.75. The van der Waals surface area contributed by atoms with E-state index in [0.717, 1.165) is 31.2 Å². The molecule has 0 aromatic carbocycles. The molecule has 1 aromatic heterocycles. The first kappa shape index (κ1) is 16.1. The second-order valence-corrected chi connectivity index (χ2v) is 6.65. The highest BCUT2D eigenvalue weighted by molar-refractivity contribution is 7.19. The highest BCUT2D eigenvalue weighted by Crippen LogP contribution is 2.43. The standard InChI is InChI=1S/C14H24N4O2S/c1-9(2)11(19)13-10(15)12(20-4)14(21-13)16-18-7-5-17(3)6-8-18/h9,16H,5-8,15H2,1-4H3. The van der Waals surface area contributed by atoms with E-state index in [9.17, 15) is 4.79 Å². The number of nitrogens with two attached hydrogens (primary N) is 1. The summed E-state index contributed by atoms with van der Waals surface area (Å²) >= 11 is 1.38. The maximum atomic E-state index is 12.2. The molecule has 0 atom stereocenters. The number of piperazine rings is 1. The number of likely N-dealkylation sites (N-methyl/N-ethyl adjacent to an activating group) is 1. The number of ketones is 1. The Morgan fingerprint density at radius 1 is 1.33 bits per heavy atom. The van der Waals surface area contributed by atoms with Crippen molar-refractivity contribution >= 4 is 27.8 Å². The Labute approximate surface area is 129 Å². The summed E-state index contributed by atoms with van der Waals surface area (Å²) < 4.78 is 5.38. The summed E-state index contributed by atoms with van der Waals surface area (Å²) in [5.74, 6) is 0.553. The van der Waals surface area contributed by atoms with Gasteiger partial charge in [0.2, 0.25) is 0 Å². The lowest BCUT2D eigenvalue weighted by atomic mass is 10.1. The number of ether oxygens (including phenoxy) is 1.